The van der Waals surface area contributed by atoms with E-state index in [4.69, 9.17) is 9.47 Å². The molecule has 1 aromatic rings. The summed E-state index contributed by atoms with van der Waals surface area (Å²) in [7, 11) is 1.36. The number of esters is 1. The van der Waals surface area contributed by atoms with Gasteiger partial charge in [-0.3, -0.25) is 0 Å². The zero-order valence-electron chi connectivity index (χ0n) is 18.5. The highest BCUT2D eigenvalue weighted by atomic mass is 16.5. The highest BCUT2D eigenvalue weighted by Crippen LogP contribution is 2.36. The van der Waals surface area contributed by atoms with Crippen molar-refractivity contribution in [2.24, 2.45) is 0 Å². The van der Waals surface area contributed by atoms with Crippen LogP contribution in [0.2, 0.25) is 0 Å². The number of aliphatic hydroxyl groups excluding tert-OH is 4. The molecule has 1 fully saturated rings. The lowest BCUT2D eigenvalue weighted by molar-refractivity contribution is -0.231. The molecule has 0 bridgehead atoms. The lowest BCUT2D eigenvalue weighted by atomic mass is 9.88. The van der Waals surface area contributed by atoms with Gasteiger partial charge in [-0.25, -0.2) is 4.79 Å². The van der Waals surface area contributed by atoms with Gasteiger partial charge in [-0.2, -0.15) is 0 Å². The Morgan fingerprint density at radius 3 is 2.48 bits per heavy atom. The molecule has 0 radical (unpaired) electrons. The molecular formula is C26H28O7. The number of carbonyl (C=O) groups excluding carboxylic acids is 1. The Morgan fingerprint density at radius 2 is 1.76 bits per heavy atom. The molecule has 4 N–H and O–H groups in total. The van der Waals surface area contributed by atoms with E-state index in [2.05, 4.69) is 0 Å². The SMILES string of the molecule is COC(=O)c1c(Cc2ccc(C)c(C3OC(CO)C(O)C(O)C3O)c2)cc2cccccc1-2. The number of aryl methyl sites for hydroxylation is 1. The predicted molar refractivity (Wildman–Crippen MR) is 121 cm³/mol. The Morgan fingerprint density at radius 1 is 1.00 bits per heavy atom. The molecule has 7 nitrogen and oxygen atoms in total. The summed E-state index contributed by atoms with van der Waals surface area (Å²) in [5.74, 6) is -0.410. The van der Waals surface area contributed by atoms with E-state index in [1.807, 2.05) is 61.5 Å². The Hall–Kier alpha value is -2.81. The highest BCUT2D eigenvalue weighted by molar-refractivity contribution is 6.01. The van der Waals surface area contributed by atoms with Crippen LogP contribution >= 0.6 is 0 Å². The molecule has 0 saturated carbocycles. The first-order chi connectivity index (χ1) is 15.8. The summed E-state index contributed by atoms with van der Waals surface area (Å²) in [5, 5.41) is 40.4. The fraction of sp³-hybridized carbons (Fsp3) is 0.346. The number of carbonyl (C=O) groups is 1. The minimum Gasteiger partial charge on any atom is -0.465 e. The molecule has 4 rings (SSSR count). The van der Waals surface area contributed by atoms with Gasteiger partial charge < -0.3 is 29.9 Å². The molecule has 1 aliphatic heterocycles. The number of fused-ring (bicyclic) bond motifs is 1. The van der Waals surface area contributed by atoms with Crippen LogP contribution in [0.25, 0.3) is 11.1 Å². The lowest BCUT2D eigenvalue weighted by Gasteiger charge is -2.40. The smallest absolute Gasteiger partial charge is 0.338 e. The molecule has 1 heterocycles. The number of methoxy groups -OCH3 is 1. The first-order valence-electron chi connectivity index (χ1n) is 10.8. The second kappa shape index (κ2) is 9.59. The van der Waals surface area contributed by atoms with E-state index in [0.717, 1.165) is 27.8 Å². The van der Waals surface area contributed by atoms with Crippen molar-refractivity contribution in [2.75, 3.05) is 13.7 Å². The maximum atomic E-state index is 12.6. The van der Waals surface area contributed by atoms with Crippen LogP contribution in [0, 0.1) is 6.92 Å². The topological polar surface area (TPSA) is 116 Å². The number of benzene rings is 1. The first-order valence-corrected chi connectivity index (χ1v) is 10.8. The summed E-state index contributed by atoms with van der Waals surface area (Å²) in [5.41, 5.74) is 5.41. The van der Waals surface area contributed by atoms with Crippen molar-refractivity contribution in [3.63, 3.8) is 0 Å². The largest absolute Gasteiger partial charge is 0.465 e. The van der Waals surface area contributed by atoms with Gasteiger partial charge in [0.25, 0.3) is 0 Å². The maximum absolute atomic E-state index is 12.6. The van der Waals surface area contributed by atoms with Gasteiger partial charge in [-0.05, 0) is 52.8 Å². The van der Waals surface area contributed by atoms with E-state index in [0.29, 0.717) is 17.5 Å². The fourth-order valence-corrected chi connectivity index (χ4v) is 4.52. The average molecular weight is 453 g/mol. The Bertz CT molecular complexity index is 1110. The number of aliphatic hydroxyl groups is 4. The minimum atomic E-state index is -1.45. The van der Waals surface area contributed by atoms with Crippen molar-refractivity contribution >= 4 is 5.97 Å². The van der Waals surface area contributed by atoms with Crippen molar-refractivity contribution in [1.29, 1.82) is 0 Å². The van der Waals surface area contributed by atoms with E-state index < -0.39 is 43.1 Å². The summed E-state index contributed by atoms with van der Waals surface area (Å²) >= 11 is 0. The standard InChI is InChI=1S/C26H28O7/c1-14-8-9-15(11-19(14)25-24(30)23(29)22(28)20(13-27)33-25)10-17-12-16-6-4-3-5-7-18(16)21(17)26(31)32-2/h3-9,11-12,20,22-25,27-30H,10,13H2,1-2H3. The van der Waals surface area contributed by atoms with Gasteiger partial charge in [0.15, 0.2) is 0 Å². The normalized spacial score (nSPS) is 25.2. The summed E-state index contributed by atoms with van der Waals surface area (Å²) in [6.07, 6.45) is -5.68. The predicted octanol–water partition coefficient (Wildman–Crippen LogP) is 1.99. The molecule has 7 heteroatoms. The zero-order chi connectivity index (χ0) is 23.7. The van der Waals surface area contributed by atoms with Gasteiger partial charge in [0.05, 0.1) is 19.3 Å². The van der Waals surface area contributed by atoms with Crippen LogP contribution in [0.4, 0.5) is 0 Å². The second-order valence-electron chi connectivity index (χ2n) is 8.43. The van der Waals surface area contributed by atoms with Gasteiger partial charge in [-0.1, -0.05) is 48.5 Å². The molecule has 1 saturated heterocycles. The van der Waals surface area contributed by atoms with E-state index in [1.165, 1.54) is 7.11 Å². The van der Waals surface area contributed by atoms with Gasteiger partial charge >= 0.3 is 5.97 Å². The lowest BCUT2D eigenvalue weighted by Crippen LogP contribution is -2.55. The molecule has 0 amide bonds. The third-order valence-electron chi connectivity index (χ3n) is 6.32. The summed E-state index contributed by atoms with van der Waals surface area (Å²) in [6.45, 7) is 1.37. The molecule has 3 aliphatic rings. The molecule has 1 aromatic carbocycles. The van der Waals surface area contributed by atoms with Crippen LogP contribution in [0.1, 0.15) is 38.7 Å². The quantitative estimate of drug-likeness (QED) is 0.438. The maximum Gasteiger partial charge on any atom is 0.338 e. The molecule has 0 spiro atoms. The molecule has 5 atom stereocenters. The van der Waals surface area contributed by atoms with E-state index in [1.54, 1.807) is 0 Å². The van der Waals surface area contributed by atoms with Crippen LogP contribution in [-0.2, 0) is 15.9 Å². The number of hydrogen-bond donors (Lipinski definition) is 4. The zero-order valence-corrected chi connectivity index (χ0v) is 18.5. The number of rotatable bonds is 5. The molecule has 2 aliphatic carbocycles. The highest BCUT2D eigenvalue weighted by Gasteiger charge is 2.44. The fourth-order valence-electron chi connectivity index (χ4n) is 4.52. The molecular weight excluding hydrogens is 424 g/mol. The van der Waals surface area contributed by atoms with Gasteiger partial charge in [0, 0.05) is 0 Å². The number of hydrogen-bond acceptors (Lipinski definition) is 7. The minimum absolute atomic E-state index is 0.410. The van der Waals surface area contributed by atoms with E-state index in [-0.39, 0.29) is 0 Å². The van der Waals surface area contributed by atoms with Crippen molar-refractivity contribution in [2.45, 2.75) is 43.9 Å². The van der Waals surface area contributed by atoms with Crippen molar-refractivity contribution in [3.05, 3.63) is 82.4 Å². The first kappa shape index (κ1) is 23.4. The molecule has 33 heavy (non-hydrogen) atoms. The summed E-state index contributed by atoms with van der Waals surface area (Å²) < 4.78 is 10.8. The van der Waals surface area contributed by atoms with Crippen molar-refractivity contribution < 1.29 is 34.7 Å². The monoisotopic (exact) mass is 452 g/mol. The Labute approximate surface area is 192 Å². The average Bonchev–Trinajstić information content (AvgIpc) is 2.98. The third kappa shape index (κ3) is 4.38. The Kier molecular flexibility index (Phi) is 6.78. The van der Waals surface area contributed by atoms with Crippen LogP contribution in [-0.4, -0.2) is 64.5 Å². The summed E-state index contributed by atoms with van der Waals surface area (Å²) in [6, 6.07) is 17.2. The van der Waals surface area contributed by atoms with Crippen molar-refractivity contribution in [1.82, 2.24) is 0 Å². The van der Waals surface area contributed by atoms with Crippen LogP contribution in [0.5, 0.6) is 0 Å². The van der Waals surface area contributed by atoms with Gasteiger partial charge in [0.2, 0.25) is 0 Å². The van der Waals surface area contributed by atoms with Crippen molar-refractivity contribution in [3.8, 4) is 11.1 Å². The van der Waals surface area contributed by atoms with Crippen LogP contribution in [0.3, 0.4) is 0 Å². The number of ether oxygens (including phenoxy) is 2. The second-order valence-corrected chi connectivity index (χ2v) is 8.43. The van der Waals surface area contributed by atoms with E-state index in [9.17, 15) is 25.2 Å². The van der Waals surface area contributed by atoms with Gasteiger partial charge in [0.1, 0.15) is 30.5 Å². The van der Waals surface area contributed by atoms with Crippen LogP contribution in [0.15, 0.2) is 54.6 Å². The summed E-state index contributed by atoms with van der Waals surface area (Å²) in [4.78, 5) is 12.6. The van der Waals surface area contributed by atoms with E-state index >= 15 is 0 Å². The Balaban J connectivity index is 1.72. The van der Waals surface area contributed by atoms with Gasteiger partial charge in [-0.15, -0.1) is 0 Å². The molecule has 174 valence electrons. The molecule has 0 aromatic heterocycles. The van der Waals surface area contributed by atoms with Crippen LogP contribution < -0.4 is 0 Å². The molecule has 5 unspecified atom stereocenters. The third-order valence-corrected chi connectivity index (χ3v) is 6.32.